The fourth-order valence-corrected chi connectivity index (χ4v) is 2.61. The van der Waals surface area contributed by atoms with Crippen LogP contribution in [-0.4, -0.2) is 25.0 Å². The van der Waals surface area contributed by atoms with Gasteiger partial charge in [-0.05, 0) is 24.1 Å². The predicted molar refractivity (Wildman–Crippen MR) is 76.5 cm³/mol. The van der Waals surface area contributed by atoms with Crippen molar-refractivity contribution in [1.82, 2.24) is 19.9 Å². The van der Waals surface area contributed by atoms with Crippen LogP contribution in [0.1, 0.15) is 33.6 Å². The first-order chi connectivity index (χ1) is 9.74. The molecule has 0 aliphatic heterocycles. The highest BCUT2D eigenvalue weighted by Crippen LogP contribution is 2.23. The second kappa shape index (κ2) is 5.52. The number of imidazole rings is 1. The van der Waals surface area contributed by atoms with Gasteiger partial charge in [-0.3, -0.25) is 9.97 Å². The molecule has 6 heteroatoms. The van der Waals surface area contributed by atoms with Gasteiger partial charge in [-0.15, -0.1) is 11.3 Å². The molecular weight excluding hydrogens is 272 g/mol. The van der Waals surface area contributed by atoms with Crippen LogP contribution in [0.3, 0.4) is 0 Å². The summed E-state index contributed by atoms with van der Waals surface area (Å²) in [6, 6.07) is 2.00. The lowest BCUT2D eigenvalue weighted by molar-refractivity contribution is 0.214. The number of rotatable bonds is 4. The van der Waals surface area contributed by atoms with Crippen LogP contribution in [0, 0.1) is 6.92 Å². The number of aromatic amines is 1. The Hall–Kier alpha value is -2.05. The summed E-state index contributed by atoms with van der Waals surface area (Å²) < 4.78 is 0. The van der Waals surface area contributed by atoms with E-state index in [1.54, 1.807) is 24.1 Å². The molecule has 0 aliphatic rings. The number of H-pyrrole nitrogens is 1. The van der Waals surface area contributed by atoms with E-state index >= 15 is 0 Å². The van der Waals surface area contributed by atoms with Gasteiger partial charge in [0.2, 0.25) is 0 Å². The highest BCUT2D eigenvalue weighted by molar-refractivity contribution is 7.09. The van der Waals surface area contributed by atoms with Crippen LogP contribution in [0.15, 0.2) is 36.4 Å². The smallest absolute Gasteiger partial charge is 0.147 e. The molecule has 5 nitrogen and oxygen atoms in total. The molecule has 0 fully saturated rings. The summed E-state index contributed by atoms with van der Waals surface area (Å²) in [6.45, 7) is 2.03. The van der Waals surface area contributed by atoms with E-state index in [1.807, 2.05) is 19.2 Å². The molecule has 1 atom stereocenters. The van der Waals surface area contributed by atoms with Gasteiger partial charge in [0.1, 0.15) is 11.9 Å². The van der Waals surface area contributed by atoms with Crippen LogP contribution in [0.4, 0.5) is 0 Å². The molecule has 3 aromatic heterocycles. The predicted octanol–water partition coefficient (Wildman–Crippen LogP) is 2.24. The van der Waals surface area contributed by atoms with Crippen molar-refractivity contribution < 1.29 is 5.11 Å². The molecule has 0 spiro atoms. The standard InChI is InChI=1S/C14H14N4OS/c1-9-5-15-3-2-10(9)4-11-6-17-14(18-11)13(19)12-7-16-8-20-12/h2-3,5-8,13,19H,4H2,1H3,(H,17,18). The quantitative estimate of drug-likeness (QED) is 0.771. The lowest BCUT2D eigenvalue weighted by Crippen LogP contribution is -2.00. The molecule has 0 bridgehead atoms. The van der Waals surface area contributed by atoms with Crippen LogP contribution in [0.25, 0.3) is 0 Å². The number of aliphatic hydroxyl groups is 1. The zero-order valence-corrected chi connectivity index (χ0v) is 11.8. The van der Waals surface area contributed by atoms with Crippen molar-refractivity contribution in [3.63, 3.8) is 0 Å². The summed E-state index contributed by atoms with van der Waals surface area (Å²) in [5, 5.41) is 10.2. The first-order valence-electron chi connectivity index (χ1n) is 6.24. The maximum atomic E-state index is 10.2. The topological polar surface area (TPSA) is 74.7 Å². The van der Waals surface area contributed by atoms with Crippen LogP contribution in [-0.2, 0) is 6.42 Å². The Morgan fingerprint density at radius 2 is 2.20 bits per heavy atom. The van der Waals surface area contributed by atoms with E-state index in [0.29, 0.717) is 5.82 Å². The summed E-state index contributed by atoms with van der Waals surface area (Å²) in [5.41, 5.74) is 5.01. The Bertz CT molecular complexity index is 693. The average Bonchev–Trinajstić information content (AvgIpc) is 3.12. The summed E-state index contributed by atoms with van der Waals surface area (Å²) in [4.78, 5) is 16.3. The molecule has 0 saturated carbocycles. The molecule has 3 heterocycles. The molecule has 2 N–H and O–H groups in total. The van der Waals surface area contributed by atoms with Gasteiger partial charge in [-0.2, -0.15) is 0 Å². The molecule has 0 saturated heterocycles. The van der Waals surface area contributed by atoms with E-state index in [9.17, 15) is 5.11 Å². The second-order valence-corrected chi connectivity index (χ2v) is 5.50. The van der Waals surface area contributed by atoms with E-state index < -0.39 is 6.10 Å². The number of thiazole rings is 1. The Morgan fingerprint density at radius 1 is 1.30 bits per heavy atom. The molecular formula is C14H14N4OS. The molecule has 1 unspecified atom stereocenters. The number of pyridine rings is 1. The Morgan fingerprint density at radius 3 is 2.95 bits per heavy atom. The molecule has 0 amide bonds. The number of aryl methyl sites for hydroxylation is 1. The van der Waals surface area contributed by atoms with E-state index in [0.717, 1.165) is 22.6 Å². The third-order valence-electron chi connectivity index (χ3n) is 3.15. The zero-order chi connectivity index (χ0) is 13.9. The second-order valence-electron chi connectivity index (χ2n) is 4.58. The molecule has 20 heavy (non-hydrogen) atoms. The lowest BCUT2D eigenvalue weighted by atomic mass is 10.1. The van der Waals surface area contributed by atoms with Crippen molar-refractivity contribution >= 4 is 11.3 Å². The minimum absolute atomic E-state index is 0.552. The fraction of sp³-hybridized carbons (Fsp3) is 0.214. The van der Waals surface area contributed by atoms with Gasteiger partial charge >= 0.3 is 0 Å². The Kier molecular flexibility index (Phi) is 3.58. The van der Waals surface area contributed by atoms with Gasteiger partial charge in [0.05, 0.1) is 10.4 Å². The van der Waals surface area contributed by atoms with Crippen LogP contribution < -0.4 is 0 Å². The van der Waals surface area contributed by atoms with Gasteiger partial charge in [0.25, 0.3) is 0 Å². The Balaban J connectivity index is 1.79. The number of hydrogen-bond acceptors (Lipinski definition) is 5. The number of nitrogens with zero attached hydrogens (tertiary/aromatic N) is 3. The molecule has 3 rings (SSSR count). The van der Waals surface area contributed by atoms with Gasteiger partial charge < -0.3 is 10.1 Å². The van der Waals surface area contributed by atoms with Gasteiger partial charge in [-0.1, -0.05) is 0 Å². The van der Waals surface area contributed by atoms with Crippen LogP contribution in [0.5, 0.6) is 0 Å². The average molecular weight is 286 g/mol. The minimum atomic E-state index is -0.741. The monoisotopic (exact) mass is 286 g/mol. The van der Waals surface area contributed by atoms with Crippen molar-refractivity contribution in [3.05, 3.63) is 63.9 Å². The van der Waals surface area contributed by atoms with E-state index in [2.05, 4.69) is 19.9 Å². The summed E-state index contributed by atoms with van der Waals surface area (Å²) in [6.07, 6.45) is 7.06. The molecule has 0 radical (unpaired) electrons. The summed E-state index contributed by atoms with van der Waals surface area (Å²) in [5.74, 6) is 0.552. The number of aromatic nitrogens is 4. The summed E-state index contributed by atoms with van der Waals surface area (Å²) in [7, 11) is 0. The molecule has 0 aliphatic carbocycles. The Labute approximate surface area is 120 Å². The van der Waals surface area contributed by atoms with Crippen molar-refractivity contribution in [2.45, 2.75) is 19.4 Å². The zero-order valence-electron chi connectivity index (χ0n) is 10.9. The SMILES string of the molecule is Cc1cnccc1Cc1cnc(C(O)c2cncs2)[nH]1. The first-order valence-corrected chi connectivity index (χ1v) is 7.11. The van der Waals surface area contributed by atoms with Crippen molar-refractivity contribution in [3.8, 4) is 0 Å². The minimum Gasteiger partial charge on any atom is -0.379 e. The highest BCUT2D eigenvalue weighted by Gasteiger charge is 2.15. The number of hydrogen-bond donors (Lipinski definition) is 2. The van der Waals surface area contributed by atoms with Crippen molar-refractivity contribution in [2.75, 3.05) is 0 Å². The first kappa shape index (κ1) is 13.0. The van der Waals surface area contributed by atoms with Crippen molar-refractivity contribution in [2.24, 2.45) is 0 Å². The third kappa shape index (κ3) is 2.61. The normalized spacial score (nSPS) is 12.5. The van der Waals surface area contributed by atoms with Crippen LogP contribution >= 0.6 is 11.3 Å². The van der Waals surface area contributed by atoms with Gasteiger partial charge in [0, 0.05) is 36.9 Å². The van der Waals surface area contributed by atoms with E-state index in [4.69, 9.17) is 0 Å². The maximum absolute atomic E-state index is 10.2. The fourth-order valence-electron chi connectivity index (χ4n) is 2.01. The largest absolute Gasteiger partial charge is 0.379 e. The molecule has 102 valence electrons. The molecule has 0 aromatic carbocycles. The van der Waals surface area contributed by atoms with Crippen molar-refractivity contribution in [1.29, 1.82) is 0 Å². The number of aliphatic hydroxyl groups excluding tert-OH is 1. The van der Waals surface area contributed by atoms with Gasteiger partial charge in [0.15, 0.2) is 0 Å². The number of nitrogens with one attached hydrogen (secondary N) is 1. The highest BCUT2D eigenvalue weighted by atomic mass is 32.1. The summed E-state index contributed by atoms with van der Waals surface area (Å²) >= 11 is 1.41. The van der Waals surface area contributed by atoms with E-state index in [1.165, 1.54) is 16.9 Å². The molecule has 3 aromatic rings. The van der Waals surface area contributed by atoms with Gasteiger partial charge in [-0.25, -0.2) is 4.98 Å². The van der Waals surface area contributed by atoms with E-state index in [-0.39, 0.29) is 0 Å². The maximum Gasteiger partial charge on any atom is 0.147 e. The third-order valence-corrected chi connectivity index (χ3v) is 3.97. The lowest BCUT2D eigenvalue weighted by Gasteiger charge is -2.04. The van der Waals surface area contributed by atoms with Crippen LogP contribution in [0.2, 0.25) is 0 Å².